The molecular weight excluding hydrogens is 459 g/mol. The molecule has 32 heavy (non-hydrogen) atoms. The van der Waals surface area contributed by atoms with E-state index in [2.05, 4.69) is 15.3 Å². The van der Waals surface area contributed by atoms with E-state index in [-0.39, 0.29) is 0 Å². The predicted molar refractivity (Wildman–Crippen MR) is 104 cm³/mol. The minimum absolute atomic E-state index is 0.432. The molecule has 2 aromatic rings. The van der Waals surface area contributed by atoms with Gasteiger partial charge < -0.3 is 15.7 Å². The Morgan fingerprint density at radius 2 is 1.88 bits per heavy atom. The number of carbonyl (C=O) groups excluding carboxylic acids is 2. The van der Waals surface area contributed by atoms with E-state index in [0.717, 1.165) is 19.1 Å². The Bertz CT molecular complexity index is 1170. The molecule has 0 fully saturated rings. The quantitative estimate of drug-likeness (QED) is 0.394. The number of amides is 2. The highest BCUT2D eigenvalue weighted by Crippen LogP contribution is 2.26. The van der Waals surface area contributed by atoms with Crippen molar-refractivity contribution in [2.45, 2.75) is 23.6 Å². The smallest absolute Gasteiger partial charge is 0.379 e. The molecule has 0 spiro atoms. The normalized spacial score (nSPS) is 13.8. The molecule has 3 N–H and O–H groups in total. The van der Waals surface area contributed by atoms with Crippen LogP contribution in [0.3, 0.4) is 0 Å². The van der Waals surface area contributed by atoms with Gasteiger partial charge in [-0.1, -0.05) is 0 Å². The molecule has 0 saturated carbocycles. The first-order valence-corrected chi connectivity index (χ1v) is 10.2. The van der Waals surface area contributed by atoms with Crippen LogP contribution < -0.4 is 16.2 Å². The van der Waals surface area contributed by atoms with E-state index in [4.69, 9.17) is 7.85 Å². The largest absolute Gasteiger partial charge is 0.434 e. The fourth-order valence-electron chi connectivity index (χ4n) is 2.45. The number of aliphatic hydroxyl groups is 1. The molecule has 15 heteroatoms. The van der Waals surface area contributed by atoms with Gasteiger partial charge in [-0.3, -0.25) is 14.6 Å². The van der Waals surface area contributed by atoms with Crippen molar-refractivity contribution in [3.63, 3.8) is 0 Å². The Morgan fingerprint density at radius 3 is 2.41 bits per heavy atom. The van der Waals surface area contributed by atoms with Crippen LogP contribution in [-0.4, -0.2) is 61.6 Å². The third-order valence-corrected chi connectivity index (χ3v) is 5.96. The van der Waals surface area contributed by atoms with Crippen molar-refractivity contribution >= 4 is 40.9 Å². The molecule has 0 aliphatic heterocycles. The number of benzene rings is 1. The molecule has 1 aromatic carbocycles. The molecule has 9 nitrogen and oxygen atoms in total. The van der Waals surface area contributed by atoms with Crippen molar-refractivity contribution in [1.29, 1.82) is 0 Å². The molecule has 1 aromatic heterocycles. The van der Waals surface area contributed by atoms with Gasteiger partial charge in [0.1, 0.15) is 13.7 Å². The zero-order chi connectivity index (χ0) is 24.5. The Kier molecular flexibility index (Phi) is 6.95. The Morgan fingerprint density at radius 1 is 1.25 bits per heavy atom. The van der Waals surface area contributed by atoms with Crippen molar-refractivity contribution < 1.29 is 40.7 Å². The average Bonchev–Trinajstić information content (AvgIpc) is 2.67. The second-order valence-electron chi connectivity index (χ2n) is 6.69. The van der Waals surface area contributed by atoms with E-state index in [0.29, 0.717) is 12.3 Å². The van der Waals surface area contributed by atoms with Gasteiger partial charge in [-0.15, -0.1) is 0 Å². The van der Waals surface area contributed by atoms with Gasteiger partial charge in [0.05, 0.1) is 22.4 Å². The van der Waals surface area contributed by atoms with Gasteiger partial charge >= 0.3 is 6.18 Å². The number of rotatable bonds is 6. The van der Waals surface area contributed by atoms with Gasteiger partial charge in [-0.2, -0.15) is 13.2 Å². The van der Waals surface area contributed by atoms with Crippen molar-refractivity contribution in [3.05, 3.63) is 41.5 Å². The first-order valence-electron chi connectivity index (χ1n) is 8.56. The van der Waals surface area contributed by atoms with E-state index >= 15 is 0 Å². The van der Waals surface area contributed by atoms with Crippen LogP contribution in [-0.2, 0) is 20.8 Å². The summed E-state index contributed by atoms with van der Waals surface area (Å²) in [7, 11) is 1.86. The van der Waals surface area contributed by atoms with Crippen molar-refractivity contribution in [3.8, 4) is 0 Å². The molecule has 1 heterocycles. The number of carbonyl (C=O) groups is 2. The molecule has 0 saturated heterocycles. The second kappa shape index (κ2) is 8.82. The molecule has 1 atom stereocenters. The molecule has 0 unspecified atom stereocenters. The van der Waals surface area contributed by atoms with Crippen molar-refractivity contribution in [2.24, 2.45) is 0 Å². The lowest BCUT2D eigenvalue weighted by Gasteiger charge is -2.22. The summed E-state index contributed by atoms with van der Waals surface area (Å²) >= 11 is 0. The summed E-state index contributed by atoms with van der Waals surface area (Å²) < 4.78 is 77.7. The molecule has 0 aliphatic rings. The molecule has 170 valence electrons. The van der Waals surface area contributed by atoms with Crippen LogP contribution in [0.4, 0.5) is 23.4 Å². The first-order chi connectivity index (χ1) is 14.6. The SMILES string of the molecule is [B]c1ncc(NC(=O)[C@@](C)(O)CS(=O)(=O)c2ccc(C(=O)NC)c(F)c2)nc1C(F)(F)F. The maximum atomic E-state index is 14.1. The maximum absolute atomic E-state index is 14.1. The van der Waals surface area contributed by atoms with E-state index < -0.39 is 72.6 Å². The number of hydrogen-bond donors (Lipinski definition) is 3. The molecule has 2 rings (SSSR count). The number of hydrogen-bond acceptors (Lipinski definition) is 7. The fraction of sp³-hybridized carbons (Fsp3) is 0.294. The monoisotopic (exact) mass is 474 g/mol. The van der Waals surface area contributed by atoms with Gasteiger partial charge in [0.25, 0.3) is 11.8 Å². The van der Waals surface area contributed by atoms with E-state index in [9.17, 15) is 40.7 Å². The summed E-state index contributed by atoms with van der Waals surface area (Å²) in [6.07, 6.45) is -4.30. The molecular formula is C17H15BF4N4O5S. The lowest BCUT2D eigenvalue weighted by Crippen LogP contribution is -2.46. The zero-order valence-electron chi connectivity index (χ0n) is 16.5. The summed E-state index contributed by atoms with van der Waals surface area (Å²) in [4.78, 5) is 29.5. The summed E-state index contributed by atoms with van der Waals surface area (Å²) in [5, 5.41) is 14.3. The van der Waals surface area contributed by atoms with E-state index in [1.54, 1.807) is 0 Å². The second-order valence-corrected chi connectivity index (χ2v) is 8.68. The van der Waals surface area contributed by atoms with E-state index in [1.807, 2.05) is 5.32 Å². The molecule has 0 aliphatic carbocycles. The zero-order valence-corrected chi connectivity index (χ0v) is 17.3. The van der Waals surface area contributed by atoms with Crippen LogP contribution in [0, 0.1) is 5.82 Å². The highest BCUT2D eigenvalue weighted by molar-refractivity contribution is 7.91. The van der Waals surface area contributed by atoms with Crippen LogP contribution in [0.25, 0.3) is 0 Å². The van der Waals surface area contributed by atoms with Gasteiger partial charge in [0.2, 0.25) is 0 Å². The van der Waals surface area contributed by atoms with Crippen molar-refractivity contribution in [1.82, 2.24) is 15.3 Å². The Labute approximate surface area is 180 Å². The van der Waals surface area contributed by atoms with Crippen molar-refractivity contribution in [2.75, 3.05) is 18.1 Å². The average molecular weight is 474 g/mol. The lowest BCUT2D eigenvalue weighted by atomic mass is 10.0. The lowest BCUT2D eigenvalue weighted by molar-refractivity contribution is -0.140. The topological polar surface area (TPSA) is 138 Å². The number of nitrogens with one attached hydrogen (secondary N) is 2. The molecule has 2 radical (unpaired) electrons. The van der Waals surface area contributed by atoms with Crippen LogP contribution in [0.1, 0.15) is 23.0 Å². The number of alkyl halides is 3. The predicted octanol–water partition coefficient (Wildman–Crippen LogP) is -0.0487. The standard InChI is InChI=1S/C17H15BF4N4O5S/c1-16(29,15(28)26-11-6-24-13(18)12(25-11)17(20,21)22)7-32(30,31)8-3-4-9(10(19)5-8)14(27)23-2/h3-6,29H,7H2,1-2H3,(H,23,27)(H,25,26,28)/t16-/m0/s1. The van der Waals surface area contributed by atoms with Crippen LogP contribution in [0.15, 0.2) is 29.3 Å². The van der Waals surface area contributed by atoms with Crippen LogP contribution in [0.2, 0.25) is 0 Å². The number of nitrogens with zero attached hydrogens (tertiary/aromatic N) is 2. The van der Waals surface area contributed by atoms with Gasteiger partial charge in [-0.05, 0) is 25.1 Å². The first kappa shape index (κ1) is 25.2. The van der Waals surface area contributed by atoms with Gasteiger partial charge in [0, 0.05) is 12.6 Å². The minimum atomic E-state index is -4.98. The summed E-state index contributed by atoms with van der Waals surface area (Å²) in [6.45, 7) is 0.782. The maximum Gasteiger partial charge on any atom is 0.434 e. The van der Waals surface area contributed by atoms with Gasteiger partial charge in [0.15, 0.2) is 27.0 Å². The highest BCUT2D eigenvalue weighted by atomic mass is 32.2. The molecule has 0 bridgehead atoms. The summed E-state index contributed by atoms with van der Waals surface area (Å²) in [6, 6.07) is 2.34. The molecule has 2 amide bonds. The van der Waals surface area contributed by atoms with Gasteiger partial charge in [-0.25, -0.2) is 17.8 Å². The number of halogens is 4. The number of anilines is 1. The Balaban J connectivity index is 2.26. The highest BCUT2D eigenvalue weighted by Gasteiger charge is 2.38. The van der Waals surface area contributed by atoms with Crippen LogP contribution in [0.5, 0.6) is 0 Å². The third kappa shape index (κ3) is 5.59. The number of sulfone groups is 1. The summed E-state index contributed by atoms with van der Waals surface area (Å²) in [5.41, 5.74) is -5.64. The summed E-state index contributed by atoms with van der Waals surface area (Å²) in [5.74, 6) is -5.39. The number of aromatic nitrogens is 2. The van der Waals surface area contributed by atoms with E-state index in [1.165, 1.54) is 7.05 Å². The third-order valence-electron chi connectivity index (χ3n) is 4.04. The fourth-order valence-corrected chi connectivity index (χ4v) is 4.04. The minimum Gasteiger partial charge on any atom is -0.379 e. The van der Waals surface area contributed by atoms with Crippen LogP contribution >= 0.6 is 0 Å². The Hall–Kier alpha value is -3.07.